The largest absolute Gasteiger partial charge is 0.353 e. The normalized spacial score (nSPS) is 30.5. The number of carbonyl (C=O) groups excluding carboxylic acids is 3. The third-order valence-corrected chi connectivity index (χ3v) is 7.99. The summed E-state index contributed by atoms with van der Waals surface area (Å²) in [5, 5.41) is 8.45. The van der Waals surface area contributed by atoms with E-state index in [4.69, 9.17) is 4.98 Å². The first kappa shape index (κ1) is 20.2. The maximum Gasteiger partial charge on any atom is 0.224 e. The number of aldehydes is 1. The molecule has 6 nitrogen and oxygen atoms in total. The van der Waals surface area contributed by atoms with Crippen molar-refractivity contribution in [2.75, 3.05) is 0 Å². The van der Waals surface area contributed by atoms with Gasteiger partial charge in [-0.1, -0.05) is 37.1 Å². The molecule has 1 heterocycles. The number of nitrogens with one attached hydrogen (secondary N) is 2. The second kappa shape index (κ2) is 7.74. The number of carbonyl (C=O) groups is 3. The summed E-state index contributed by atoms with van der Waals surface area (Å²) in [7, 11) is 0. The lowest BCUT2D eigenvalue weighted by Crippen LogP contribution is -2.72. The van der Waals surface area contributed by atoms with Gasteiger partial charge in [-0.15, -0.1) is 0 Å². The number of benzene rings is 1. The molecule has 2 aromatic rings. The average Bonchev–Trinajstić information content (AvgIpc) is 3.29. The van der Waals surface area contributed by atoms with Crippen molar-refractivity contribution in [3.63, 3.8) is 0 Å². The molecule has 5 atom stereocenters. The molecule has 0 radical (unpaired) electrons. The first-order chi connectivity index (χ1) is 15.0. The van der Waals surface area contributed by atoms with E-state index in [9.17, 15) is 14.4 Å². The maximum atomic E-state index is 13.3. The molecular weight excluding hydrogens is 390 g/mol. The fourth-order valence-corrected chi connectivity index (χ4v) is 6.27. The molecule has 162 valence electrons. The summed E-state index contributed by atoms with van der Waals surface area (Å²) in [5.74, 6) is 0.128. The van der Waals surface area contributed by atoms with E-state index in [0.717, 1.165) is 35.6 Å². The van der Waals surface area contributed by atoms with Crippen LogP contribution in [0, 0.1) is 23.2 Å². The van der Waals surface area contributed by atoms with E-state index in [1.165, 1.54) is 19.8 Å². The fourth-order valence-electron chi connectivity index (χ4n) is 6.27. The number of hydrogen-bond acceptors (Lipinski definition) is 4. The number of aromatic nitrogens is 1. The van der Waals surface area contributed by atoms with E-state index in [1.54, 1.807) is 0 Å². The summed E-state index contributed by atoms with van der Waals surface area (Å²) in [6, 6.07) is 9.95. The van der Waals surface area contributed by atoms with Gasteiger partial charge in [0.1, 0.15) is 6.29 Å². The second-order valence-corrected chi connectivity index (χ2v) is 9.58. The maximum absolute atomic E-state index is 13.3. The Labute approximate surface area is 182 Å². The van der Waals surface area contributed by atoms with E-state index < -0.39 is 5.41 Å². The molecule has 2 amide bonds. The lowest BCUT2D eigenvalue weighted by Gasteiger charge is -2.64. The molecule has 2 unspecified atom stereocenters. The topological polar surface area (TPSA) is 88.2 Å². The lowest BCUT2D eigenvalue weighted by atomic mass is 9.40. The first-order valence-electron chi connectivity index (χ1n) is 11.4. The van der Waals surface area contributed by atoms with Crippen molar-refractivity contribution in [3.8, 4) is 0 Å². The molecule has 6 heteroatoms. The number of amides is 2. The van der Waals surface area contributed by atoms with Crippen molar-refractivity contribution in [1.82, 2.24) is 15.6 Å². The zero-order valence-corrected chi connectivity index (χ0v) is 17.8. The van der Waals surface area contributed by atoms with Crippen LogP contribution in [0.4, 0.5) is 0 Å². The Balaban J connectivity index is 1.37. The Morgan fingerprint density at radius 2 is 1.97 bits per heavy atom. The Morgan fingerprint density at radius 1 is 1.19 bits per heavy atom. The molecule has 0 aliphatic heterocycles. The second-order valence-electron chi connectivity index (χ2n) is 9.58. The molecule has 1 aromatic carbocycles. The molecule has 1 aromatic heterocycles. The smallest absolute Gasteiger partial charge is 0.224 e. The predicted molar refractivity (Wildman–Crippen MR) is 117 cm³/mol. The highest BCUT2D eigenvalue weighted by Gasteiger charge is 2.68. The van der Waals surface area contributed by atoms with E-state index in [1.807, 2.05) is 24.4 Å². The van der Waals surface area contributed by atoms with E-state index in [0.29, 0.717) is 18.8 Å². The predicted octanol–water partition coefficient (Wildman–Crippen LogP) is 3.31. The number of pyridine rings is 1. The van der Waals surface area contributed by atoms with E-state index in [2.05, 4.69) is 22.8 Å². The SMILES string of the molecule is CC(=O)NC1CC2[C@H](C(=O)N[C@H](c3nccc4ccccc34)C3CCCC3)C[C@@]12C=O. The molecule has 0 spiro atoms. The first-order valence-corrected chi connectivity index (χ1v) is 11.4. The number of fused-ring (bicyclic) bond motifs is 2. The van der Waals surface area contributed by atoms with Crippen molar-refractivity contribution < 1.29 is 14.4 Å². The Morgan fingerprint density at radius 3 is 2.68 bits per heavy atom. The number of nitrogens with zero attached hydrogens (tertiary/aromatic N) is 1. The van der Waals surface area contributed by atoms with Gasteiger partial charge in [-0.25, -0.2) is 0 Å². The molecule has 3 aliphatic rings. The quantitative estimate of drug-likeness (QED) is 0.703. The summed E-state index contributed by atoms with van der Waals surface area (Å²) < 4.78 is 0. The third-order valence-electron chi connectivity index (χ3n) is 7.99. The van der Waals surface area contributed by atoms with E-state index >= 15 is 0 Å². The van der Waals surface area contributed by atoms with Gasteiger partial charge in [0.05, 0.1) is 17.2 Å². The zero-order valence-electron chi connectivity index (χ0n) is 17.8. The highest BCUT2D eigenvalue weighted by atomic mass is 16.2. The minimum absolute atomic E-state index is 0.0200. The van der Waals surface area contributed by atoms with Crippen LogP contribution in [-0.4, -0.2) is 29.1 Å². The minimum Gasteiger partial charge on any atom is -0.353 e. The monoisotopic (exact) mass is 419 g/mol. The summed E-state index contributed by atoms with van der Waals surface area (Å²) in [6.45, 7) is 1.47. The molecular formula is C25H29N3O3. The van der Waals surface area contributed by atoms with Gasteiger partial charge in [0.2, 0.25) is 11.8 Å². The molecule has 3 aliphatic carbocycles. The lowest BCUT2D eigenvalue weighted by molar-refractivity contribution is -0.179. The minimum atomic E-state index is -0.561. The van der Waals surface area contributed by atoms with Crippen molar-refractivity contribution >= 4 is 28.9 Å². The van der Waals surface area contributed by atoms with Gasteiger partial charge in [0, 0.05) is 30.5 Å². The molecule has 0 bridgehead atoms. The zero-order chi connectivity index (χ0) is 21.6. The van der Waals surface area contributed by atoms with Gasteiger partial charge >= 0.3 is 0 Å². The van der Waals surface area contributed by atoms with Crippen LogP contribution in [0.1, 0.15) is 57.2 Å². The van der Waals surface area contributed by atoms with Crippen LogP contribution in [0.5, 0.6) is 0 Å². The fraction of sp³-hybridized carbons (Fsp3) is 0.520. The average molecular weight is 420 g/mol. The van der Waals surface area contributed by atoms with Crippen LogP contribution in [0.25, 0.3) is 10.8 Å². The summed E-state index contributed by atoms with van der Waals surface area (Å²) in [4.78, 5) is 41.3. The van der Waals surface area contributed by atoms with Gasteiger partial charge < -0.3 is 15.4 Å². The molecule has 2 N–H and O–H groups in total. The third kappa shape index (κ3) is 3.24. The van der Waals surface area contributed by atoms with E-state index in [-0.39, 0.29) is 35.7 Å². The molecule has 31 heavy (non-hydrogen) atoms. The Kier molecular flexibility index (Phi) is 5.03. The van der Waals surface area contributed by atoms with Crippen LogP contribution in [0.15, 0.2) is 36.5 Å². The summed E-state index contributed by atoms with van der Waals surface area (Å²) in [6.07, 6.45) is 8.54. The van der Waals surface area contributed by atoms with Gasteiger partial charge in [-0.05, 0) is 49.0 Å². The Hall–Kier alpha value is -2.76. The van der Waals surface area contributed by atoms with Crippen LogP contribution in [-0.2, 0) is 14.4 Å². The number of rotatable bonds is 6. The van der Waals surface area contributed by atoms with Crippen molar-refractivity contribution in [1.29, 1.82) is 0 Å². The van der Waals surface area contributed by atoms with Gasteiger partial charge in [0.15, 0.2) is 0 Å². The van der Waals surface area contributed by atoms with Crippen molar-refractivity contribution in [3.05, 3.63) is 42.2 Å². The van der Waals surface area contributed by atoms with Crippen LogP contribution in [0.3, 0.4) is 0 Å². The van der Waals surface area contributed by atoms with Gasteiger partial charge in [0.25, 0.3) is 0 Å². The van der Waals surface area contributed by atoms with Crippen LogP contribution >= 0.6 is 0 Å². The molecule has 5 rings (SSSR count). The summed E-state index contributed by atoms with van der Waals surface area (Å²) >= 11 is 0. The van der Waals surface area contributed by atoms with Crippen molar-refractivity contribution in [2.24, 2.45) is 23.2 Å². The molecule has 0 saturated heterocycles. The van der Waals surface area contributed by atoms with Gasteiger partial charge in [-0.2, -0.15) is 0 Å². The summed E-state index contributed by atoms with van der Waals surface area (Å²) in [5.41, 5.74) is 0.387. The van der Waals surface area contributed by atoms with Gasteiger partial charge in [-0.3, -0.25) is 14.6 Å². The van der Waals surface area contributed by atoms with Crippen LogP contribution < -0.4 is 10.6 Å². The number of hydrogen-bond donors (Lipinski definition) is 2. The van der Waals surface area contributed by atoms with Crippen LogP contribution in [0.2, 0.25) is 0 Å². The van der Waals surface area contributed by atoms with Crippen molar-refractivity contribution in [2.45, 2.75) is 57.5 Å². The highest BCUT2D eigenvalue weighted by molar-refractivity contribution is 5.87. The molecule has 3 fully saturated rings. The highest BCUT2D eigenvalue weighted by Crippen LogP contribution is 2.63. The molecule has 3 saturated carbocycles. The standard InChI is InChI=1S/C25H29N3O3/c1-15(30)27-21-12-20-19(13-25(20,21)14-29)24(31)28-22(17-7-2-3-8-17)23-18-9-5-4-6-16(18)10-11-26-23/h4-6,9-11,14,17,19-22H,2-3,7-8,12-13H2,1H3,(H,27,30)(H,28,31)/t19-,20?,21?,22+,25+/m1/s1. The Bertz CT molecular complexity index is 1030.